The number of rotatable bonds is 12. The van der Waals surface area contributed by atoms with Gasteiger partial charge < -0.3 is 20.4 Å². The van der Waals surface area contributed by atoms with Crippen molar-refractivity contribution in [3.63, 3.8) is 0 Å². The molecule has 1 unspecified atom stereocenters. The predicted octanol–water partition coefficient (Wildman–Crippen LogP) is 6.21. The molecule has 176 valence electrons. The zero-order chi connectivity index (χ0) is 23.8. The van der Waals surface area contributed by atoms with E-state index in [-0.39, 0.29) is 11.1 Å². The summed E-state index contributed by atoms with van der Waals surface area (Å²) in [7, 11) is 0. The minimum absolute atomic E-state index is 0.0110. The van der Waals surface area contributed by atoms with Crippen LogP contribution in [0.5, 0.6) is 0 Å². The Morgan fingerprint density at radius 1 is 0.909 bits per heavy atom. The highest BCUT2D eigenvalue weighted by Gasteiger charge is 2.28. The topological polar surface area (TPSA) is 98.0 Å². The fourth-order valence-corrected chi connectivity index (χ4v) is 4.77. The molecule has 0 bridgehead atoms. The first-order valence-corrected chi connectivity index (χ1v) is 12.3. The van der Waals surface area contributed by atoms with E-state index in [4.69, 9.17) is 5.11 Å². The van der Waals surface area contributed by atoms with Crippen molar-refractivity contribution in [2.75, 3.05) is 0 Å². The Morgan fingerprint density at radius 2 is 1.64 bits per heavy atom. The molecule has 0 heterocycles. The summed E-state index contributed by atoms with van der Waals surface area (Å²) in [5.74, 6) is -1.13. The van der Waals surface area contributed by atoms with Crippen molar-refractivity contribution in [1.82, 2.24) is 0 Å². The Balaban J connectivity index is 1.71. The highest BCUT2D eigenvalue weighted by Crippen LogP contribution is 2.38. The van der Waals surface area contributed by atoms with E-state index in [0.717, 1.165) is 47.4 Å². The van der Waals surface area contributed by atoms with Crippen LogP contribution in [0, 0.1) is 0 Å². The second-order valence-corrected chi connectivity index (χ2v) is 9.68. The van der Waals surface area contributed by atoms with Gasteiger partial charge in [0.25, 0.3) is 0 Å². The third kappa shape index (κ3) is 7.05. The van der Waals surface area contributed by atoms with Crippen LogP contribution in [-0.4, -0.2) is 26.4 Å². The number of unbranched alkanes of at least 4 members (excludes halogenated alkanes) is 5. The van der Waals surface area contributed by atoms with Crippen LogP contribution in [-0.2, 0) is 5.12 Å². The number of fused-ring (bicyclic) bond motifs is 1. The molecule has 3 aromatic rings. The molecule has 0 fully saturated rings. The van der Waals surface area contributed by atoms with Gasteiger partial charge in [-0.1, -0.05) is 87.5 Å². The molecule has 3 aromatic carbocycles. The predicted molar refractivity (Wildman–Crippen MR) is 132 cm³/mol. The molecule has 0 radical (unpaired) electrons. The third-order valence-electron chi connectivity index (χ3n) is 5.80. The Labute approximate surface area is 199 Å². The molecule has 3 rings (SSSR count). The molecule has 0 saturated heterocycles. The zero-order valence-corrected chi connectivity index (χ0v) is 19.7. The molecule has 0 aliphatic rings. The molecule has 0 aliphatic carbocycles. The maximum atomic E-state index is 11.2. The van der Waals surface area contributed by atoms with Crippen LogP contribution >= 0.6 is 11.8 Å². The summed E-state index contributed by atoms with van der Waals surface area (Å²) >= 11 is 0.827. The van der Waals surface area contributed by atoms with E-state index in [1.807, 2.05) is 30.3 Å². The Bertz CT molecular complexity index is 1080. The lowest BCUT2D eigenvalue weighted by Gasteiger charge is -2.22. The Morgan fingerprint density at radius 3 is 2.39 bits per heavy atom. The summed E-state index contributed by atoms with van der Waals surface area (Å²) in [6.45, 7) is 2.20. The summed E-state index contributed by atoms with van der Waals surface area (Å²) in [5, 5.41) is 40.6. The number of aromatic carboxylic acids is 1. The fourth-order valence-electron chi connectivity index (χ4n) is 3.88. The average Bonchev–Trinajstić information content (AvgIpc) is 2.80. The second-order valence-electron chi connectivity index (χ2n) is 8.44. The normalized spacial score (nSPS) is 12.7. The van der Waals surface area contributed by atoms with Gasteiger partial charge in [-0.2, -0.15) is 0 Å². The molecular formula is C27H32O5S. The number of aliphatic hydroxyl groups excluding tert-OH is 1. The van der Waals surface area contributed by atoms with Gasteiger partial charge >= 0.3 is 5.97 Å². The summed E-state index contributed by atoms with van der Waals surface area (Å²) in [6, 6.07) is 17.0. The van der Waals surface area contributed by atoms with Gasteiger partial charge in [0.1, 0.15) is 0 Å². The van der Waals surface area contributed by atoms with Crippen molar-refractivity contribution in [2.24, 2.45) is 0 Å². The second kappa shape index (κ2) is 11.7. The van der Waals surface area contributed by atoms with Crippen molar-refractivity contribution in [3.8, 4) is 0 Å². The minimum Gasteiger partial charge on any atom is -0.478 e. The summed E-state index contributed by atoms with van der Waals surface area (Å²) in [6.07, 6.45) is 7.27. The number of thioether (sulfide) groups is 1. The maximum Gasteiger partial charge on any atom is 0.335 e. The molecular weight excluding hydrogens is 436 g/mol. The quantitative estimate of drug-likeness (QED) is 0.143. The lowest BCUT2D eigenvalue weighted by Crippen LogP contribution is -2.20. The first kappa shape index (κ1) is 25.2. The summed E-state index contributed by atoms with van der Waals surface area (Å²) < 4.78 is 0. The van der Waals surface area contributed by atoms with Crippen molar-refractivity contribution >= 4 is 28.5 Å². The molecule has 1 atom stereocenters. The van der Waals surface area contributed by atoms with Crippen LogP contribution < -0.4 is 0 Å². The van der Waals surface area contributed by atoms with Crippen LogP contribution in [0.1, 0.15) is 79.5 Å². The maximum absolute atomic E-state index is 11.2. The minimum atomic E-state index is -2.28. The molecule has 5 nitrogen and oxygen atoms in total. The molecule has 4 N–H and O–H groups in total. The molecule has 33 heavy (non-hydrogen) atoms. The van der Waals surface area contributed by atoms with E-state index in [9.17, 15) is 20.1 Å². The van der Waals surface area contributed by atoms with E-state index >= 15 is 0 Å². The monoisotopic (exact) mass is 468 g/mol. The first-order chi connectivity index (χ1) is 15.8. The molecule has 0 aliphatic heterocycles. The smallest absolute Gasteiger partial charge is 0.335 e. The summed E-state index contributed by atoms with van der Waals surface area (Å²) in [5.41, 5.74) is 0.935. The molecule has 0 amide bonds. The lowest BCUT2D eigenvalue weighted by molar-refractivity contribution is -0.0817. The summed E-state index contributed by atoms with van der Waals surface area (Å²) in [4.78, 5) is 11.8. The number of benzene rings is 3. The number of carbonyl (C=O) groups is 1. The number of hydrogen-bond acceptors (Lipinski definition) is 5. The molecule has 0 aromatic heterocycles. The van der Waals surface area contributed by atoms with E-state index in [2.05, 4.69) is 6.92 Å². The SMILES string of the molecule is CCCCCCCCC(O)c1ccc2ccc(SC(O)(O)c3cccc(C(=O)O)c3)cc2c1. The van der Waals surface area contributed by atoms with Crippen LogP contribution in [0.4, 0.5) is 0 Å². The lowest BCUT2D eigenvalue weighted by atomic mass is 9.99. The third-order valence-corrected chi connectivity index (χ3v) is 6.81. The van der Waals surface area contributed by atoms with E-state index in [0.29, 0.717) is 4.90 Å². The largest absolute Gasteiger partial charge is 0.478 e. The van der Waals surface area contributed by atoms with E-state index in [1.165, 1.54) is 49.9 Å². The molecule has 0 saturated carbocycles. The fraction of sp³-hybridized carbons (Fsp3) is 0.370. The van der Waals surface area contributed by atoms with Crippen molar-refractivity contribution in [1.29, 1.82) is 0 Å². The van der Waals surface area contributed by atoms with Crippen LogP contribution in [0.25, 0.3) is 10.8 Å². The van der Waals surface area contributed by atoms with Crippen molar-refractivity contribution < 1.29 is 25.2 Å². The van der Waals surface area contributed by atoms with E-state index < -0.39 is 17.2 Å². The Kier molecular flexibility index (Phi) is 8.92. The van der Waals surface area contributed by atoms with Gasteiger partial charge in [-0.3, -0.25) is 0 Å². The number of carboxylic acid groups (broad SMARTS) is 1. The standard InChI is InChI=1S/C27H32O5S/c1-2-3-4-5-6-7-11-25(28)20-13-12-19-14-15-24(18-22(19)16-20)33-27(31,32)23-10-8-9-21(17-23)26(29)30/h8-10,12-18,25,28,31-32H,2-7,11H2,1H3,(H,29,30). The van der Waals surface area contributed by atoms with Gasteiger partial charge in [-0.05, 0) is 53.1 Å². The molecule has 0 spiro atoms. The highest BCUT2D eigenvalue weighted by molar-refractivity contribution is 7.99. The Hall–Kier alpha value is -2.38. The number of carboxylic acids is 1. The number of aliphatic hydroxyl groups is 3. The highest BCUT2D eigenvalue weighted by atomic mass is 32.2. The zero-order valence-electron chi connectivity index (χ0n) is 18.9. The first-order valence-electron chi connectivity index (χ1n) is 11.5. The van der Waals surface area contributed by atoms with Crippen molar-refractivity contribution in [3.05, 3.63) is 77.4 Å². The van der Waals surface area contributed by atoms with Gasteiger partial charge in [-0.15, -0.1) is 0 Å². The van der Waals surface area contributed by atoms with Crippen LogP contribution in [0.3, 0.4) is 0 Å². The van der Waals surface area contributed by atoms with Crippen LogP contribution in [0.2, 0.25) is 0 Å². The van der Waals surface area contributed by atoms with Gasteiger partial charge in [0.15, 0.2) is 0 Å². The van der Waals surface area contributed by atoms with Gasteiger partial charge in [0, 0.05) is 10.5 Å². The van der Waals surface area contributed by atoms with Gasteiger partial charge in [-0.25, -0.2) is 4.79 Å². The number of hydrogen-bond donors (Lipinski definition) is 4. The van der Waals surface area contributed by atoms with Crippen LogP contribution in [0.15, 0.2) is 65.6 Å². The van der Waals surface area contributed by atoms with E-state index in [1.54, 1.807) is 6.07 Å². The molecule has 6 heteroatoms. The van der Waals surface area contributed by atoms with Gasteiger partial charge in [0.2, 0.25) is 5.12 Å². The van der Waals surface area contributed by atoms with Gasteiger partial charge in [0.05, 0.1) is 11.7 Å². The average molecular weight is 469 g/mol. The van der Waals surface area contributed by atoms with Crippen molar-refractivity contribution in [2.45, 2.75) is 68.0 Å².